The van der Waals surface area contributed by atoms with Crippen molar-refractivity contribution in [2.75, 3.05) is 32.1 Å². The standard InChI is InChI=1S/C15H22F3N3S/c1-19-14(20-9-3-11-22-2)21-10-8-12-4-6-13(7-5-12)15(16,17)18/h4-7H,3,8-11H2,1-2H3,(H2,19,20,21). The zero-order chi connectivity index (χ0) is 16.4. The summed E-state index contributed by atoms with van der Waals surface area (Å²) in [6.45, 7) is 1.47. The predicted molar refractivity (Wildman–Crippen MR) is 87.5 cm³/mol. The molecule has 0 heterocycles. The molecule has 2 N–H and O–H groups in total. The molecule has 7 heteroatoms. The number of alkyl halides is 3. The van der Waals surface area contributed by atoms with Crippen LogP contribution in [0.4, 0.5) is 13.2 Å². The average molecular weight is 333 g/mol. The molecule has 0 spiro atoms. The minimum Gasteiger partial charge on any atom is -0.356 e. The van der Waals surface area contributed by atoms with Crippen LogP contribution in [-0.4, -0.2) is 38.1 Å². The first kappa shape index (κ1) is 18.7. The number of hydrogen-bond donors (Lipinski definition) is 2. The minimum absolute atomic E-state index is 0.615. The van der Waals surface area contributed by atoms with Crippen molar-refractivity contribution in [1.29, 1.82) is 0 Å². The summed E-state index contributed by atoms with van der Waals surface area (Å²) in [5.74, 6) is 1.81. The monoisotopic (exact) mass is 333 g/mol. The van der Waals surface area contributed by atoms with Crippen molar-refractivity contribution in [3.8, 4) is 0 Å². The molecule has 0 amide bonds. The summed E-state index contributed by atoms with van der Waals surface area (Å²) >= 11 is 1.80. The van der Waals surface area contributed by atoms with Gasteiger partial charge >= 0.3 is 6.18 Å². The molecule has 0 aliphatic rings. The van der Waals surface area contributed by atoms with Gasteiger partial charge in [-0.05, 0) is 42.5 Å². The minimum atomic E-state index is -4.28. The third-order valence-electron chi connectivity index (χ3n) is 3.03. The van der Waals surface area contributed by atoms with Crippen molar-refractivity contribution in [1.82, 2.24) is 10.6 Å². The van der Waals surface area contributed by atoms with Gasteiger partial charge in [0.05, 0.1) is 5.56 Å². The SMILES string of the molecule is CN=C(NCCCSC)NCCc1ccc(C(F)(F)F)cc1. The van der Waals surface area contributed by atoms with Crippen molar-refractivity contribution in [3.05, 3.63) is 35.4 Å². The lowest BCUT2D eigenvalue weighted by Gasteiger charge is -2.12. The van der Waals surface area contributed by atoms with Gasteiger partial charge in [0.1, 0.15) is 0 Å². The Kier molecular flexibility index (Phi) is 8.16. The number of halogens is 3. The number of hydrogen-bond acceptors (Lipinski definition) is 2. The zero-order valence-electron chi connectivity index (χ0n) is 12.8. The highest BCUT2D eigenvalue weighted by Gasteiger charge is 2.29. The molecular formula is C15H22F3N3S. The molecule has 1 aromatic carbocycles. The molecule has 0 unspecified atom stereocenters. The van der Waals surface area contributed by atoms with Gasteiger partial charge in [0.2, 0.25) is 0 Å². The van der Waals surface area contributed by atoms with Crippen LogP contribution in [0.5, 0.6) is 0 Å². The van der Waals surface area contributed by atoms with Crippen LogP contribution in [-0.2, 0) is 12.6 Å². The molecule has 22 heavy (non-hydrogen) atoms. The Morgan fingerprint density at radius 3 is 2.32 bits per heavy atom. The second-order valence-corrected chi connectivity index (χ2v) is 5.70. The summed E-state index contributed by atoms with van der Waals surface area (Å²) in [7, 11) is 1.70. The molecule has 0 fully saturated rings. The van der Waals surface area contributed by atoms with Crippen LogP contribution in [0.25, 0.3) is 0 Å². The first-order valence-electron chi connectivity index (χ1n) is 7.07. The van der Waals surface area contributed by atoms with Gasteiger partial charge in [0, 0.05) is 20.1 Å². The number of aliphatic imine (C=N–C) groups is 1. The highest BCUT2D eigenvalue weighted by Crippen LogP contribution is 2.29. The van der Waals surface area contributed by atoms with E-state index in [4.69, 9.17) is 0 Å². The van der Waals surface area contributed by atoms with Crippen LogP contribution in [0.3, 0.4) is 0 Å². The first-order chi connectivity index (χ1) is 10.5. The van der Waals surface area contributed by atoms with Gasteiger partial charge in [0.25, 0.3) is 0 Å². The van der Waals surface area contributed by atoms with E-state index in [9.17, 15) is 13.2 Å². The second-order valence-electron chi connectivity index (χ2n) is 4.72. The summed E-state index contributed by atoms with van der Waals surface area (Å²) in [4.78, 5) is 4.10. The van der Waals surface area contributed by atoms with Crippen LogP contribution in [0, 0.1) is 0 Å². The Morgan fingerprint density at radius 2 is 1.77 bits per heavy atom. The van der Waals surface area contributed by atoms with E-state index in [0.717, 1.165) is 36.4 Å². The van der Waals surface area contributed by atoms with Crippen molar-refractivity contribution in [2.45, 2.75) is 19.0 Å². The molecule has 0 saturated heterocycles. The molecule has 0 aliphatic heterocycles. The van der Waals surface area contributed by atoms with E-state index in [1.807, 2.05) is 0 Å². The molecule has 0 aromatic heterocycles. The quantitative estimate of drug-likeness (QED) is 0.457. The Labute approximate surface area is 133 Å². The van der Waals surface area contributed by atoms with Crippen LogP contribution in [0.2, 0.25) is 0 Å². The Morgan fingerprint density at radius 1 is 1.14 bits per heavy atom. The molecule has 0 saturated carbocycles. The first-order valence-corrected chi connectivity index (χ1v) is 8.46. The van der Waals surface area contributed by atoms with E-state index in [0.29, 0.717) is 18.9 Å². The number of rotatable bonds is 7. The van der Waals surface area contributed by atoms with Gasteiger partial charge in [-0.1, -0.05) is 12.1 Å². The summed E-state index contributed by atoms with van der Waals surface area (Å²) in [6, 6.07) is 5.26. The van der Waals surface area contributed by atoms with Crippen LogP contribution in [0.1, 0.15) is 17.5 Å². The molecule has 3 nitrogen and oxygen atoms in total. The highest BCUT2D eigenvalue weighted by atomic mass is 32.2. The van der Waals surface area contributed by atoms with Crippen molar-refractivity contribution < 1.29 is 13.2 Å². The third kappa shape index (κ3) is 7.06. The second kappa shape index (κ2) is 9.61. The molecule has 1 aromatic rings. The number of benzene rings is 1. The van der Waals surface area contributed by atoms with Gasteiger partial charge < -0.3 is 10.6 Å². The van der Waals surface area contributed by atoms with E-state index in [2.05, 4.69) is 21.9 Å². The van der Waals surface area contributed by atoms with Gasteiger partial charge in [-0.2, -0.15) is 24.9 Å². The van der Waals surface area contributed by atoms with Crippen LogP contribution in [0.15, 0.2) is 29.3 Å². The maximum absolute atomic E-state index is 12.5. The topological polar surface area (TPSA) is 36.4 Å². The van der Waals surface area contributed by atoms with Crippen molar-refractivity contribution >= 4 is 17.7 Å². The lowest BCUT2D eigenvalue weighted by Crippen LogP contribution is -2.38. The lowest BCUT2D eigenvalue weighted by atomic mass is 10.1. The summed E-state index contributed by atoms with van der Waals surface area (Å²) < 4.78 is 37.4. The number of thioether (sulfide) groups is 1. The molecule has 1 rings (SSSR count). The van der Waals surface area contributed by atoms with Gasteiger partial charge in [0.15, 0.2) is 5.96 Å². The predicted octanol–water partition coefficient (Wildman–Crippen LogP) is 3.17. The molecule has 0 aliphatic carbocycles. The normalized spacial score (nSPS) is 12.3. The number of nitrogens with one attached hydrogen (secondary N) is 2. The molecular weight excluding hydrogens is 311 g/mol. The molecule has 0 radical (unpaired) electrons. The maximum atomic E-state index is 12.5. The summed E-state index contributed by atoms with van der Waals surface area (Å²) in [6.07, 6.45) is -0.513. The van der Waals surface area contributed by atoms with Crippen molar-refractivity contribution in [2.24, 2.45) is 4.99 Å². The van der Waals surface area contributed by atoms with E-state index >= 15 is 0 Å². The van der Waals surface area contributed by atoms with Gasteiger partial charge in [-0.15, -0.1) is 0 Å². The molecule has 0 atom stereocenters. The van der Waals surface area contributed by atoms with Crippen LogP contribution < -0.4 is 10.6 Å². The summed E-state index contributed by atoms with van der Waals surface area (Å²) in [5, 5.41) is 6.35. The van der Waals surface area contributed by atoms with E-state index in [1.165, 1.54) is 12.1 Å². The largest absolute Gasteiger partial charge is 0.416 e. The Hall–Kier alpha value is -1.37. The zero-order valence-corrected chi connectivity index (χ0v) is 13.7. The van der Waals surface area contributed by atoms with Gasteiger partial charge in [-0.25, -0.2) is 0 Å². The number of nitrogens with zero attached hydrogens (tertiary/aromatic N) is 1. The highest BCUT2D eigenvalue weighted by molar-refractivity contribution is 7.98. The Balaban J connectivity index is 2.33. The van der Waals surface area contributed by atoms with E-state index in [-0.39, 0.29) is 0 Å². The molecule has 0 bridgehead atoms. The number of guanidine groups is 1. The molecule has 124 valence electrons. The van der Waals surface area contributed by atoms with E-state index < -0.39 is 11.7 Å². The lowest BCUT2D eigenvalue weighted by molar-refractivity contribution is -0.137. The van der Waals surface area contributed by atoms with Gasteiger partial charge in [-0.3, -0.25) is 4.99 Å². The Bertz CT molecular complexity index is 458. The average Bonchev–Trinajstić information content (AvgIpc) is 2.49. The fourth-order valence-corrected chi connectivity index (χ4v) is 2.26. The fraction of sp³-hybridized carbons (Fsp3) is 0.533. The summed E-state index contributed by atoms with van der Waals surface area (Å²) in [5.41, 5.74) is 0.244. The third-order valence-corrected chi connectivity index (χ3v) is 3.73. The fourth-order valence-electron chi connectivity index (χ4n) is 1.83. The maximum Gasteiger partial charge on any atom is 0.416 e. The van der Waals surface area contributed by atoms with Crippen LogP contribution >= 0.6 is 11.8 Å². The smallest absolute Gasteiger partial charge is 0.356 e. The van der Waals surface area contributed by atoms with Crippen molar-refractivity contribution in [3.63, 3.8) is 0 Å². The van der Waals surface area contributed by atoms with E-state index in [1.54, 1.807) is 18.8 Å².